The van der Waals surface area contributed by atoms with Crippen molar-refractivity contribution in [3.05, 3.63) is 52.0 Å². The Labute approximate surface area is 420 Å². The highest BCUT2D eigenvalue weighted by Gasteiger charge is 2.40. The largest absolute Gasteiger partial charge is 0.481 e. The van der Waals surface area contributed by atoms with E-state index in [9.17, 15) is 48.3 Å². The number of nitrogens with zero attached hydrogens (tertiary/aromatic N) is 5. The number of fused-ring (bicyclic) bond motifs is 1. The SMILES string of the molecule is C#CC(=O)N1CCC(=O)Oc2ccc(C(C(=O)c3csc([C@@H](C[C@H](C(C)C)N(C)C(=O)[C@@H](NC(=O)C(C)(C)N(C)C)[C@@H](C)CC)OC(C)=O)n3)[C@H](N)CC(C)C(=O)O)cc2NC(=O)CCN1C(=O)C(=C)C. The zero-order valence-corrected chi connectivity index (χ0v) is 43.6. The molecule has 2 unspecified atom stereocenters. The Morgan fingerprint density at radius 3 is 2.23 bits per heavy atom. The molecule has 3 rings (SSSR count). The van der Waals surface area contributed by atoms with Crippen molar-refractivity contribution in [3.8, 4) is 18.1 Å². The Kier molecular flexibility index (Phi) is 21.2. The lowest BCUT2D eigenvalue weighted by Crippen LogP contribution is -2.60. The number of carbonyl (C=O) groups excluding carboxylic acids is 8. The number of aliphatic carboxylic acids is 1. The summed E-state index contributed by atoms with van der Waals surface area (Å²) < 4.78 is 11.4. The van der Waals surface area contributed by atoms with Gasteiger partial charge in [-0.25, -0.2) is 15.0 Å². The molecule has 5 N–H and O–H groups in total. The number of rotatable bonds is 20. The molecule has 0 saturated carbocycles. The number of ether oxygens (including phenoxy) is 2. The number of carbonyl (C=O) groups is 9. The van der Waals surface area contributed by atoms with Gasteiger partial charge in [0.1, 0.15) is 16.7 Å². The zero-order chi connectivity index (χ0) is 53.8. The van der Waals surface area contributed by atoms with Crippen molar-refractivity contribution in [3.63, 3.8) is 0 Å². The number of amides is 5. The Hall–Kier alpha value is -6.50. The molecular formula is C50H70N8O12S. The van der Waals surface area contributed by atoms with Crippen LogP contribution in [0, 0.1) is 30.1 Å². The second kappa shape index (κ2) is 25.6. The van der Waals surface area contributed by atoms with Gasteiger partial charge in [0.25, 0.3) is 5.91 Å². The number of carboxylic acid groups (broad SMARTS) is 1. The minimum atomic E-state index is -1.30. The molecule has 0 fully saturated rings. The molecule has 71 heavy (non-hydrogen) atoms. The molecule has 1 aliphatic rings. The molecule has 0 radical (unpaired) electrons. The summed E-state index contributed by atoms with van der Waals surface area (Å²) in [6.45, 7) is 18.1. The molecule has 5 amide bonds. The fourth-order valence-electron chi connectivity index (χ4n) is 7.71. The maximum absolute atomic E-state index is 14.8. The molecule has 20 nitrogen and oxygen atoms in total. The average Bonchev–Trinajstić information content (AvgIpc) is 3.80. The third-order valence-electron chi connectivity index (χ3n) is 12.8. The fourth-order valence-corrected chi connectivity index (χ4v) is 8.56. The quantitative estimate of drug-likeness (QED) is 0.0473. The van der Waals surface area contributed by atoms with Crippen LogP contribution in [-0.2, 0) is 43.1 Å². The molecular weight excluding hydrogens is 937 g/mol. The summed E-state index contributed by atoms with van der Waals surface area (Å²) in [5, 5.41) is 18.9. The second-order valence-corrected chi connectivity index (χ2v) is 19.9. The highest BCUT2D eigenvalue weighted by atomic mass is 32.1. The molecule has 0 spiro atoms. The van der Waals surface area contributed by atoms with Crippen LogP contribution in [0.15, 0.2) is 35.7 Å². The predicted octanol–water partition coefficient (Wildman–Crippen LogP) is 4.32. The van der Waals surface area contributed by atoms with E-state index in [1.165, 1.54) is 44.4 Å². The van der Waals surface area contributed by atoms with E-state index in [0.29, 0.717) is 6.42 Å². The normalized spacial score (nSPS) is 16.5. The van der Waals surface area contributed by atoms with E-state index in [4.69, 9.17) is 21.6 Å². The molecule has 21 heteroatoms. The van der Waals surface area contributed by atoms with E-state index in [-0.39, 0.29) is 89.3 Å². The van der Waals surface area contributed by atoms with Crippen molar-refractivity contribution in [2.24, 2.45) is 23.5 Å². The third-order valence-corrected chi connectivity index (χ3v) is 13.8. The lowest BCUT2D eigenvalue weighted by atomic mass is 9.82. The average molecular weight is 1010 g/mol. The van der Waals surface area contributed by atoms with Crippen molar-refractivity contribution < 1.29 is 57.7 Å². The Balaban J connectivity index is 2.10. The topological polar surface area (TPSA) is 268 Å². The molecule has 0 saturated heterocycles. The van der Waals surface area contributed by atoms with Crippen molar-refractivity contribution in [2.75, 3.05) is 39.5 Å². The van der Waals surface area contributed by atoms with Gasteiger partial charge in [-0.2, -0.15) is 0 Å². The van der Waals surface area contributed by atoms with Gasteiger partial charge in [0.15, 0.2) is 17.6 Å². The standard InChI is InChI=1S/C50H70N8O12S/c1-15-29(7)43(54-49(68)50(10,11)55(12)13)47(65)56(14)36(27(3)4)25-38(69-31(9)59)45-53-35(26-71-45)44(63)42(33(51)23-30(8)48(66)67)32-17-18-37-34(24-32)52-39(60)19-21-58(46(64)28(5)6)57(40(61)16-2)22-20-41(62)70-37/h2,17-18,24,26-27,29-30,33,36,38,42-43H,5,15,19-23,25,51H2,1,3-4,6-14H3,(H,52,60)(H,54,68)(H,66,67)/t29-,30?,33+,36+,38+,42?,43-/m0/s1. The molecule has 2 heterocycles. The number of carboxylic acids is 1. The van der Waals surface area contributed by atoms with Crippen molar-refractivity contribution >= 4 is 70.3 Å². The lowest BCUT2D eigenvalue weighted by Gasteiger charge is -2.38. The number of thiazole rings is 1. The molecule has 1 aromatic heterocycles. The van der Waals surface area contributed by atoms with Crippen LogP contribution in [0.4, 0.5) is 5.69 Å². The van der Waals surface area contributed by atoms with Gasteiger partial charge in [-0.3, -0.25) is 48.1 Å². The third kappa shape index (κ3) is 15.2. The number of aromatic nitrogens is 1. The number of ketones is 1. The number of hydrazine groups is 1. The van der Waals surface area contributed by atoms with Gasteiger partial charge >= 0.3 is 23.8 Å². The summed E-state index contributed by atoms with van der Waals surface area (Å²) in [4.78, 5) is 128. The first-order valence-electron chi connectivity index (χ1n) is 23.4. The van der Waals surface area contributed by atoms with Crippen LogP contribution in [0.25, 0.3) is 0 Å². The van der Waals surface area contributed by atoms with E-state index in [1.807, 2.05) is 33.6 Å². The molecule has 1 aliphatic heterocycles. The van der Waals surface area contributed by atoms with Gasteiger partial charge in [-0.15, -0.1) is 17.8 Å². The number of hydrogen-bond acceptors (Lipinski definition) is 15. The van der Waals surface area contributed by atoms with Crippen LogP contribution in [0.1, 0.15) is 127 Å². The van der Waals surface area contributed by atoms with Crippen LogP contribution < -0.4 is 21.1 Å². The van der Waals surface area contributed by atoms with Crippen molar-refractivity contribution in [2.45, 2.75) is 130 Å². The summed E-state index contributed by atoms with van der Waals surface area (Å²) >= 11 is 1.02. The smallest absolute Gasteiger partial charge is 0.316 e. The van der Waals surface area contributed by atoms with Crippen LogP contribution in [0.3, 0.4) is 0 Å². The lowest BCUT2D eigenvalue weighted by molar-refractivity contribution is -0.159. The molecule has 1 aromatic carbocycles. The number of hydrogen-bond donors (Lipinski definition) is 4. The summed E-state index contributed by atoms with van der Waals surface area (Å²) in [5.74, 6) is -7.30. The zero-order valence-electron chi connectivity index (χ0n) is 42.8. The van der Waals surface area contributed by atoms with Gasteiger partial charge in [0.2, 0.25) is 17.7 Å². The molecule has 7 atom stereocenters. The van der Waals surface area contributed by atoms with Crippen molar-refractivity contribution in [1.29, 1.82) is 0 Å². The van der Waals surface area contributed by atoms with E-state index in [0.717, 1.165) is 21.4 Å². The van der Waals surface area contributed by atoms with E-state index in [1.54, 1.807) is 44.8 Å². The van der Waals surface area contributed by atoms with E-state index in [2.05, 4.69) is 22.2 Å². The van der Waals surface area contributed by atoms with Gasteiger partial charge in [-0.1, -0.05) is 53.7 Å². The maximum Gasteiger partial charge on any atom is 0.316 e. The van der Waals surface area contributed by atoms with Crippen LogP contribution >= 0.6 is 11.3 Å². The summed E-state index contributed by atoms with van der Waals surface area (Å²) in [7, 11) is 5.18. The number of anilines is 1. The first kappa shape index (κ1) is 58.8. The molecule has 388 valence electrons. The van der Waals surface area contributed by atoms with Gasteiger partial charge in [0, 0.05) is 49.8 Å². The number of terminal acetylenes is 1. The van der Waals surface area contributed by atoms with Crippen molar-refractivity contribution in [1.82, 2.24) is 30.1 Å². The van der Waals surface area contributed by atoms with Crippen LogP contribution in [-0.4, -0.2) is 141 Å². The highest BCUT2D eigenvalue weighted by molar-refractivity contribution is 7.09. The Morgan fingerprint density at radius 2 is 1.68 bits per heavy atom. The number of esters is 2. The predicted molar refractivity (Wildman–Crippen MR) is 265 cm³/mol. The Bertz CT molecular complexity index is 2390. The molecule has 0 bridgehead atoms. The Morgan fingerprint density at radius 1 is 1.04 bits per heavy atom. The van der Waals surface area contributed by atoms with Gasteiger partial charge < -0.3 is 35.8 Å². The van der Waals surface area contributed by atoms with Crippen LogP contribution in [0.2, 0.25) is 0 Å². The maximum atomic E-state index is 14.8. The summed E-state index contributed by atoms with van der Waals surface area (Å²) in [5.41, 5.74) is 5.86. The molecule has 0 aliphatic carbocycles. The monoisotopic (exact) mass is 1010 g/mol. The van der Waals surface area contributed by atoms with E-state index >= 15 is 0 Å². The number of likely N-dealkylation sites (N-methyl/N-ethyl adjacent to an activating group) is 2. The number of benzene rings is 1. The van der Waals surface area contributed by atoms with Gasteiger partial charge in [-0.05, 0) is 76.7 Å². The summed E-state index contributed by atoms with van der Waals surface area (Å²) in [6, 6.07) is 1.55. The first-order valence-corrected chi connectivity index (χ1v) is 24.3. The van der Waals surface area contributed by atoms with E-state index < -0.39 is 89.4 Å². The molecule has 2 aromatic rings. The van der Waals surface area contributed by atoms with Crippen LogP contribution in [0.5, 0.6) is 5.75 Å². The number of nitrogens with two attached hydrogens (primary N) is 1. The minimum Gasteiger partial charge on any atom is -0.481 e. The summed E-state index contributed by atoms with van der Waals surface area (Å²) in [6.07, 6.45) is 3.97. The number of nitrogens with one attached hydrogen (secondary N) is 2. The fraction of sp³-hybridized carbons (Fsp3) is 0.560. The number of Topliss-reactive ketones (excluding diaryl/α,β-unsaturated/α-hetero) is 1. The first-order chi connectivity index (χ1) is 33.1. The second-order valence-electron chi connectivity index (χ2n) is 19.0. The minimum absolute atomic E-state index is 0.0289. The highest BCUT2D eigenvalue weighted by Crippen LogP contribution is 2.36. The van der Waals surface area contributed by atoms with Gasteiger partial charge in [0.05, 0.1) is 42.6 Å².